The van der Waals surface area contributed by atoms with Crippen molar-refractivity contribution in [3.05, 3.63) is 58.9 Å². The number of hydrogen-bond acceptors (Lipinski definition) is 4. The second-order valence-electron chi connectivity index (χ2n) is 10.5. The van der Waals surface area contributed by atoms with E-state index in [9.17, 15) is 9.50 Å². The van der Waals surface area contributed by atoms with Crippen molar-refractivity contribution in [3.8, 4) is 11.5 Å². The number of aliphatic hydroxyl groups is 1. The van der Waals surface area contributed by atoms with Gasteiger partial charge in [-0.3, -0.25) is 4.90 Å². The van der Waals surface area contributed by atoms with Crippen molar-refractivity contribution < 1.29 is 19.0 Å². The molecule has 0 aromatic heterocycles. The van der Waals surface area contributed by atoms with E-state index in [-0.39, 0.29) is 23.4 Å². The fraction of sp³-hybridized carbons (Fsp3) is 0.556. The first-order chi connectivity index (χ1) is 15.2. The van der Waals surface area contributed by atoms with Crippen LogP contribution in [-0.4, -0.2) is 42.9 Å². The summed E-state index contributed by atoms with van der Waals surface area (Å²) < 4.78 is 24.8. The molecule has 174 valence electrons. The monoisotopic (exact) mass is 441 g/mol. The molecule has 2 heterocycles. The summed E-state index contributed by atoms with van der Waals surface area (Å²) in [5, 5.41) is 10.9. The maximum absolute atomic E-state index is 13.1. The van der Waals surface area contributed by atoms with Gasteiger partial charge in [0.25, 0.3) is 0 Å². The summed E-state index contributed by atoms with van der Waals surface area (Å²) in [7, 11) is 1.67. The van der Waals surface area contributed by atoms with E-state index in [4.69, 9.17) is 9.47 Å². The molecule has 2 aromatic carbocycles. The minimum Gasteiger partial charge on any atom is -0.493 e. The quantitative estimate of drug-likeness (QED) is 0.671. The number of ether oxygens (including phenoxy) is 2. The summed E-state index contributed by atoms with van der Waals surface area (Å²) >= 11 is 0. The molecule has 1 N–H and O–H groups in total. The van der Waals surface area contributed by atoms with Crippen LogP contribution in [0.3, 0.4) is 0 Å². The van der Waals surface area contributed by atoms with Crippen LogP contribution >= 0.6 is 0 Å². The van der Waals surface area contributed by atoms with E-state index >= 15 is 0 Å². The highest BCUT2D eigenvalue weighted by atomic mass is 19.1. The van der Waals surface area contributed by atoms with Gasteiger partial charge < -0.3 is 14.6 Å². The number of hydrogen-bond donors (Lipinski definition) is 1. The first kappa shape index (κ1) is 23.1. The lowest BCUT2D eigenvalue weighted by atomic mass is 9.75. The number of nitrogens with zero attached hydrogens (tertiary/aromatic N) is 1. The molecule has 0 spiro atoms. The first-order valence-electron chi connectivity index (χ1n) is 11.7. The summed E-state index contributed by atoms with van der Waals surface area (Å²) in [6, 6.07) is 11.0. The van der Waals surface area contributed by atoms with E-state index < -0.39 is 0 Å². The second-order valence-corrected chi connectivity index (χ2v) is 10.5. The molecule has 3 atom stereocenters. The number of aliphatic hydroxyl groups excluding tert-OH is 1. The molecule has 32 heavy (non-hydrogen) atoms. The van der Waals surface area contributed by atoms with Crippen molar-refractivity contribution in [2.24, 2.45) is 11.3 Å². The van der Waals surface area contributed by atoms with Gasteiger partial charge in [-0.2, -0.15) is 0 Å². The number of piperidine rings is 1. The first-order valence-corrected chi connectivity index (χ1v) is 11.7. The zero-order valence-electron chi connectivity index (χ0n) is 19.7. The third kappa shape index (κ3) is 5.26. The molecular formula is C27H36FNO3. The van der Waals surface area contributed by atoms with Crippen molar-refractivity contribution in [2.45, 2.75) is 58.6 Å². The fourth-order valence-corrected chi connectivity index (χ4v) is 5.29. The van der Waals surface area contributed by atoms with Crippen LogP contribution in [0.5, 0.6) is 11.5 Å². The van der Waals surface area contributed by atoms with E-state index in [0.29, 0.717) is 18.9 Å². The van der Waals surface area contributed by atoms with Crippen LogP contribution in [0.4, 0.5) is 4.39 Å². The molecule has 0 bridgehead atoms. The predicted octanol–water partition coefficient (Wildman–Crippen LogP) is 5.17. The van der Waals surface area contributed by atoms with Gasteiger partial charge in [0.05, 0.1) is 19.8 Å². The van der Waals surface area contributed by atoms with E-state index in [1.807, 2.05) is 0 Å². The van der Waals surface area contributed by atoms with Gasteiger partial charge >= 0.3 is 0 Å². The average molecular weight is 442 g/mol. The Balaban J connectivity index is 1.47. The van der Waals surface area contributed by atoms with Gasteiger partial charge in [-0.1, -0.05) is 32.9 Å². The van der Waals surface area contributed by atoms with Crippen molar-refractivity contribution in [3.63, 3.8) is 0 Å². The van der Waals surface area contributed by atoms with E-state index in [1.165, 1.54) is 23.3 Å². The normalized spacial score (nSPS) is 23.4. The molecule has 0 aliphatic carbocycles. The van der Waals surface area contributed by atoms with E-state index in [1.54, 1.807) is 19.2 Å². The molecule has 1 saturated heterocycles. The molecule has 1 fully saturated rings. The Morgan fingerprint density at radius 3 is 2.56 bits per heavy atom. The highest BCUT2D eigenvalue weighted by Crippen LogP contribution is 2.44. The third-order valence-corrected chi connectivity index (χ3v) is 6.81. The molecule has 0 radical (unpaired) electrons. The Morgan fingerprint density at radius 2 is 1.88 bits per heavy atom. The molecule has 2 aromatic rings. The highest BCUT2D eigenvalue weighted by Gasteiger charge is 2.39. The van der Waals surface area contributed by atoms with Crippen LogP contribution in [0.2, 0.25) is 0 Å². The number of methoxy groups -OCH3 is 1. The zero-order chi connectivity index (χ0) is 22.9. The van der Waals surface area contributed by atoms with Crippen LogP contribution in [0.1, 0.15) is 56.3 Å². The molecule has 4 rings (SSSR count). The average Bonchev–Trinajstić information content (AvgIpc) is 2.74. The molecule has 2 aliphatic heterocycles. The van der Waals surface area contributed by atoms with Gasteiger partial charge in [-0.15, -0.1) is 0 Å². The van der Waals surface area contributed by atoms with Crippen LogP contribution in [0.25, 0.3) is 0 Å². The summed E-state index contributed by atoms with van der Waals surface area (Å²) in [6.07, 6.45) is 3.20. The van der Waals surface area contributed by atoms with Crippen LogP contribution in [-0.2, 0) is 12.8 Å². The maximum Gasteiger partial charge on any atom is 0.161 e. The van der Waals surface area contributed by atoms with Crippen molar-refractivity contribution in [1.29, 1.82) is 0 Å². The Bertz CT molecular complexity index is 922. The minimum absolute atomic E-state index is 0.218. The zero-order valence-corrected chi connectivity index (χ0v) is 19.7. The van der Waals surface area contributed by atoms with Crippen LogP contribution < -0.4 is 9.47 Å². The van der Waals surface area contributed by atoms with Gasteiger partial charge in [0.1, 0.15) is 5.82 Å². The van der Waals surface area contributed by atoms with Gasteiger partial charge in [-0.05, 0) is 71.6 Å². The molecule has 3 unspecified atom stereocenters. The summed E-state index contributed by atoms with van der Waals surface area (Å²) in [4.78, 5) is 2.54. The molecular weight excluding hydrogens is 405 g/mol. The standard InChI is InChI=1S/C27H36FNO3/c1-27(2,3)16-20-17-29-11-9-19-13-26(32-12-10-18-5-7-21(28)8-6-18)25(31-4)14-22(19)23(29)15-24(20)30/h5-8,13-14,20,23-24,30H,9-12,15-17H2,1-4H3. The summed E-state index contributed by atoms with van der Waals surface area (Å²) in [6.45, 7) is 9.20. The predicted molar refractivity (Wildman–Crippen MR) is 125 cm³/mol. The molecule has 0 saturated carbocycles. The van der Waals surface area contributed by atoms with Crippen molar-refractivity contribution in [1.82, 2.24) is 4.90 Å². The Morgan fingerprint density at radius 1 is 1.12 bits per heavy atom. The van der Waals surface area contributed by atoms with Crippen LogP contribution in [0, 0.1) is 17.2 Å². The van der Waals surface area contributed by atoms with Crippen LogP contribution in [0.15, 0.2) is 36.4 Å². The molecule has 4 nitrogen and oxygen atoms in total. The Kier molecular flexibility index (Phi) is 6.78. The lowest BCUT2D eigenvalue weighted by Crippen LogP contribution is -2.48. The number of halogens is 1. The number of fused-ring (bicyclic) bond motifs is 3. The number of rotatable bonds is 6. The van der Waals surface area contributed by atoms with E-state index in [2.05, 4.69) is 37.8 Å². The lowest BCUT2D eigenvalue weighted by molar-refractivity contribution is -0.0259. The van der Waals surface area contributed by atoms with Gasteiger partial charge in [0, 0.05) is 25.6 Å². The van der Waals surface area contributed by atoms with Gasteiger partial charge in [0.15, 0.2) is 11.5 Å². The minimum atomic E-state index is -0.279. The molecule has 0 amide bonds. The highest BCUT2D eigenvalue weighted by molar-refractivity contribution is 5.49. The SMILES string of the molecule is COc1cc2c(cc1OCCc1ccc(F)cc1)CCN1CC(CC(C)(C)C)C(O)CC21. The Labute approximate surface area is 191 Å². The Hall–Kier alpha value is -2.11. The second kappa shape index (κ2) is 9.40. The van der Waals surface area contributed by atoms with Gasteiger partial charge in [0.2, 0.25) is 0 Å². The maximum atomic E-state index is 13.1. The topological polar surface area (TPSA) is 41.9 Å². The third-order valence-electron chi connectivity index (χ3n) is 6.81. The molecule has 5 heteroatoms. The van der Waals surface area contributed by atoms with Crippen molar-refractivity contribution in [2.75, 3.05) is 26.8 Å². The largest absolute Gasteiger partial charge is 0.493 e. The molecule has 2 aliphatic rings. The summed E-state index contributed by atoms with van der Waals surface area (Å²) in [5.41, 5.74) is 3.80. The van der Waals surface area contributed by atoms with Crippen molar-refractivity contribution >= 4 is 0 Å². The summed E-state index contributed by atoms with van der Waals surface area (Å²) in [5.74, 6) is 1.58. The van der Waals surface area contributed by atoms with E-state index in [0.717, 1.165) is 49.4 Å². The number of benzene rings is 2. The fourth-order valence-electron chi connectivity index (χ4n) is 5.29. The smallest absolute Gasteiger partial charge is 0.161 e. The van der Waals surface area contributed by atoms with Gasteiger partial charge in [-0.25, -0.2) is 4.39 Å². The lowest BCUT2D eigenvalue weighted by Gasteiger charge is -2.47.